The van der Waals surface area contributed by atoms with Gasteiger partial charge < -0.3 is 33.2 Å². The highest BCUT2D eigenvalue weighted by Crippen LogP contribution is 2.20. The van der Waals surface area contributed by atoms with Crippen LogP contribution in [0.1, 0.15) is 68.5 Å². The van der Waals surface area contributed by atoms with Crippen LogP contribution >= 0.6 is 37.2 Å². The van der Waals surface area contributed by atoms with E-state index in [1.807, 2.05) is 0 Å². The Hall–Kier alpha value is -7.02. The number of nitrogens with two attached hydrogens (primary N) is 3. The van der Waals surface area contributed by atoms with Gasteiger partial charge in [0.1, 0.15) is 0 Å². The molecule has 0 bridgehead atoms. The first-order chi connectivity index (χ1) is 25.7. The van der Waals surface area contributed by atoms with Crippen LogP contribution in [-0.4, -0.2) is 52.7 Å². The molecule has 18 nitrogen and oxygen atoms in total. The summed E-state index contributed by atoms with van der Waals surface area (Å²) in [5.41, 5.74) is 28.4. The SMILES string of the molecule is CC(=O)c1ccc(NC(=NNC(=N)N)c2cc(C(=NNC(=N)N)Nc3ccc(C(C)=O)cc3)cc(C(=NNC(=N)N)Nc3ccc(C(C)=O)cc3)c2)cc1.Cl.Cl.Cl. The summed E-state index contributed by atoms with van der Waals surface area (Å²) in [5, 5.41) is 45.8. The van der Waals surface area contributed by atoms with Gasteiger partial charge in [0.25, 0.3) is 0 Å². The van der Waals surface area contributed by atoms with Crippen LogP contribution in [0.2, 0.25) is 0 Å². The highest BCUT2D eigenvalue weighted by atomic mass is 35.5. The van der Waals surface area contributed by atoms with E-state index in [1.54, 1.807) is 91.0 Å². The standard InChI is InChI=1S/C36H39N15O3.3ClH/c1-19(52)22-4-10-28(11-5-22)43-31(46-49-34(37)38)25-16-26(32(47-50-35(39)40)44-29-12-6-23(7-13-29)20(2)53)18-27(17-25)33(48-51-36(41)42)45-30-14-8-24(9-15-30)21(3)54;;;/h4-18H,1-3H3,(H,43,46)(H,44,47)(H,45,48)(H4,37,38,49)(H4,39,40,50)(H4,41,42,51);3*1H. The number of rotatable bonds is 12. The van der Waals surface area contributed by atoms with E-state index in [1.165, 1.54) is 20.8 Å². The van der Waals surface area contributed by atoms with Gasteiger partial charge in [-0.25, -0.2) is 16.3 Å². The van der Waals surface area contributed by atoms with Gasteiger partial charge in [-0.2, -0.15) is 15.3 Å². The van der Waals surface area contributed by atoms with E-state index in [0.717, 1.165) is 0 Å². The number of anilines is 3. The van der Waals surface area contributed by atoms with Gasteiger partial charge in [-0.3, -0.25) is 30.6 Å². The Balaban J connectivity index is 0.00000541. The van der Waals surface area contributed by atoms with Crippen LogP contribution in [0.25, 0.3) is 0 Å². The summed E-state index contributed by atoms with van der Waals surface area (Å²) in [6.45, 7) is 4.37. The second-order valence-electron chi connectivity index (χ2n) is 11.5. The van der Waals surface area contributed by atoms with Crippen LogP contribution in [0.5, 0.6) is 0 Å². The Bertz CT molecular complexity index is 1930. The van der Waals surface area contributed by atoms with Gasteiger partial charge in [0, 0.05) is 50.4 Å². The molecule has 0 aromatic heterocycles. The minimum absolute atomic E-state index is 0. The van der Waals surface area contributed by atoms with Crippen molar-refractivity contribution in [3.8, 4) is 0 Å². The monoisotopic (exact) mass is 837 g/mol. The van der Waals surface area contributed by atoms with Crippen molar-refractivity contribution in [2.24, 2.45) is 32.5 Å². The third kappa shape index (κ3) is 14.6. The minimum atomic E-state index is -0.454. The van der Waals surface area contributed by atoms with E-state index in [-0.39, 0.29) is 72.1 Å². The lowest BCUT2D eigenvalue weighted by atomic mass is 10.0. The van der Waals surface area contributed by atoms with Crippen molar-refractivity contribution < 1.29 is 14.4 Å². The summed E-state index contributed by atoms with van der Waals surface area (Å²) in [6, 6.07) is 24.9. The van der Waals surface area contributed by atoms with Crippen molar-refractivity contribution in [3.05, 3.63) is 124 Å². The van der Waals surface area contributed by atoms with E-state index >= 15 is 0 Å². The average Bonchev–Trinajstić information content (AvgIpc) is 3.13. The molecule has 4 aromatic carbocycles. The number of hydrazone groups is 3. The molecular weight excluding hydrogens is 797 g/mol. The first-order valence-corrected chi connectivity index (χ1v) is 16.0. The summed E-state index contributed by atoms with van der Waals surface area (Å²) in [7, 11) is 0. The molecule has 21 heteroatoms. The van der Waals surface area contributed by atoms with Gasteiger partial charge in [-0.05, 0) is 112 Å². The molecule has 57 heavy (non-hydrogen) atoms. The number of Topliss-reactive ketones (excluding diaryl/α,β-unsaturated/α-hetero) is 3. The molecule has 300 valence electrons. The van der Waals surface area contributed by atoms with Crippen molar-refractivity contribution in [3.63, 3.8) is 0 Å². The number of hydrogen-bond acceptors (Lipinski definition) is 9. The molecule has 0 aliphatic heterocycles. The van der Waals surface area contributed by atoms with Crippen LogP contribution < -0.4 is 49.4 Å². The molecule has 0 amide bonds. The highest BCUT2D eigenvalue weighted by molar-refractivity contribution is 6.17. The molecule has 0 spiro atoms. The zero-order chi connectivity index (χ0) is 39.4. The van der Waals surface area contributed by atoms with Crippen LogP contribution in [0.4, 0.5) is 17.1 Å². The molecule has 4 rings (SSSR count). The fourth-order valence-corrected chi connectivity index (χ4v) is 4.66. The molecule has 0 atom stereocenters. The van der Waals surface area contributed by atoms with E-state index in [4.69, 9.17) is 33.4 Å². The van der Waals surface area contributed by atoms with Crippen molar-refractivity contribution in [2.45, 2.75) is 20.8 Å². The van der Waals surface area contributed by atoms with E-state index in [2.05, 4.69) is 47.5 Å². The van der Waals surface area contributed by atoms with Gasteiger partial charge in [0.15, 0.2) is 34.9 Å². The maximum absolute atomic E-state index is 11.9. The largest absolute Gasteiger partial charge is 0.369 e. The van der Waals surface area contributed by atoms with E-state index < -0.39 is 17.9 Å². The number of guanidine groups is 3. The lowest BCUT2D eigenvalue weighted by Gasteiger charge is -2.18. The molecule has 0 aliphatic rings. The maximum atomic E-state index is 11.9. The fraction of sp³-hybridized carbons (Fsp3) is 0.0833. The second kappa shape index (κ2) is 22.4. The Morgan fingerprint density at radius 3 is 0.807 bits per heavy atom. The second-order valence-corrected chi connectivity index (χ2v) is 11.5. The number of amidine groups is 3. The van der Waals surface area contributed by atoms with Gasteiger partial charge in [0.2, 0.25) is 17.9 Å². The predicted molar refractivity (Wildman–Crippen MR) is 233 cm³/mol. The quantitative estimate of drug-likeness (QED) is 0.0411. The molecule has 15 N–H and O–H groups in total. The lowest BCUT2D eigenvalue weighted by Crippen LogP contribution is -2.31. The van der Waals surface area contributed by atoms with Crippen LogP contribution in [0, 0.1) is 16.2 Å². The molecule has 0 saturated heterocycles. The molecular formula is C36H42Cl3N15O3. The number of hydrogen-bond donors (Lipinski definition) is 12. The smallest absolute Gasteiger partial charge is 0.206 e. The fourth-order valence-electron chi connectivity index (χ4n) is 4.66. The van der Waals surface area contributed by atoms with Crippen molar-refractivity contribution in [2.75, 3.05) is 16.0 Å². The maximum Gasteiger partial charge on any atom is 0.206 e. The van der Waals surface area contributed by atoms with Gasteiger partial charge >= 0.3 is 0 Å². The first kappa shape index (κ1) is 48.0. The van der Waals surface area contributed by atoms with Crippen molar-refractivity contribution >= 4 is 107 Å². The number of nitrogens with one attached hydrogen (secondary N) is 9. The number of nitrogens with zero attached hydrogens (tertiary/aromatic N) is 3. The van der Waals surface area contributed by atoms with Crippen LogP contribution in [-0.2, 0) is 0 Å². The van der Waals surface area contributed by atoms with Crippen LogP contribution in [0.3, 0.4) is 0 Å². The number of carbonyl (C=O) groups excluding carboxylic acids is 3. The van der Waals surface area contributed by atoms with Gasteiger partial charge in [-0.15, -0.1) is 37.2 Å². The number of carbonyl (C=O) groups is 3. The molecule has 4 aromatic rings. The molecule has 0 heterocycles. The Kier molecular flexibility index (Phi) is 18.8. The third-order valence-corrected chi connectivity index (χ3v) is 7.28. The van der Waals surface area contributed by atoms with E-state index in [0.29, 0.717) is 50.4 Å². The Morgan fingerprint density at radius 1 is 0.421 bits per heavy atom. The summed E-state index contributed by atoms with van der Waals surface area (Å²) < 4.78 is 0. The zero-order valence-electron chi connectivity index (χ0n) is 30.7. The topological polar surface area (TPSA) is 310 Å². The van der Waals surface area contributed by atoms with Crippen molar-refractivity contribution in [1.82, 2.24) is 16.3 Å². The Morgan fingerprint density at radius 2 is 0.632 bits per heavy atom. The van der Waals surface area contributed by atoms with Gasteiger partial charge in [-0.1, -0.05) is 0 Å². The molecule has 0 saturated carbocycles. The number of ketones is 3. The Labute approximate surface area is 346 Å². The highest BCUT2D eigenvalue weighted by Gasteiger charge is 2.17. The number of benzene rings is 4. The first-order valence-electron chi connectivity index (χ1n) is 16.0. The molecule has 0 aliphatic carbocycles. The number of halogens is 3. The van der Waals surface area contributed by atoms with Gasteiger partial charge in [0.05, 0.1) is 0 Å². The van der Waals surface area contributed by atoms with Crippen LogP contribution in [0.15, 0.2) is 106 Å². The minimum Gasteiger partial charge on any atom is -0.369 e. The molecule has 0 radical (unpaired) electrons. The molecule has 0 unspecified atom stereocenters. The summed E-state index contributed by atoms with van der Waals surface area (Å²) >= 11 is 0. The molecule has 0 fully saturated rings. The third-order valence-electron chi connectivity index (χ3n) is 7.28. The lowest BCUT2D eigenvalue weighted by molar-refractivity contribution is 0.100. The summed E-state index contributed by atoms with van der Waals surface area (Å²) in [4.78, 5) is 35.8. The predicted octanol–water partition coefficient (Wildman–Crippen LogP) is 4.33. The summed E-state index contributed by atoms with van der Waals surface area (Å²) in [6.07, 6.45) is 0. The van der Waals surface area contributed by atoms with E-state index in [9.17, 15) is 14.4 Å². The normalized spacial score (nSPS) is 10.9. The summed E-state index contributed by atoms with van der Waals surface area (Å²) in [5.74, 6) is -1.26. The zero-order valence-corrected chi connectivity index (χ0v) is 33.1. The van der Waals surface area contributed by atoms with Crippen molar-refractivity contribution in [1.29, 1.82) is 16.2 Å². The average molecular weight is 839 g/mol.